The molecule has 7 atom stereocenters. The summed E-state index contributed by atoms with van der Waals surface area (Å²) in [5.74, 6) is -0.898. The summed E-state index contributed by atoms with van der Waals surface area (Å²) in [6, 6.07) is 0. The van der Waals surface area contributed by atoms with Gasteiger partial charge in [-0.1, -0.05) is 13.8 Å². The SMILES string of the molecule is CC(C)(COP(=O)(O)OP(=O)(O)OCC1OC(n2cnc3c2ncn2ccnc32)C(O)C1OP(=O)(O)O)C(O)C(=O)NCCC(=O)NCCS.[Li]. The van der Waals surface area contributed by atoms with E-state index < -0.39 is 78.6 Å². The van der Waals surface area contributed by atoms with E-state index in [9.17, 15) is 53.1 Å². The molecule has 0 spiro atoms. The second-order valence-corrected chi connectivity index (χ2v) is 16.1. The molecule has 1 radical (unpaired) electrons. The third-order valence-corrected chi connectivity index (χ3v) is 10.4. The van der Waals surface area contributed by atoms with E-state index in [1.165, 1.54) is 37.3 Å². The monoisotopic (exact) mass is 798 g/mol. The minimum absolute atomic E-state index is 0. The second kappa shape index (κ2) is 17.6. The number of amides is 2. The summed E-state index contributed by atoms with van der Waals surface area (Å²) in [6.07, 6.45) is -3.17. The fourth-order valence-corrected chi connectivity index (χ4v) is 7.55. The Morgan fingerprint density at radius 1 is 1.04 bits per heavy atom. The first kappa shape index (κ1) is 43.6. The van der Waals surface area contributed by atoms with E-state index in [0.717, 1.165) is 0 Å². The minimum atomic E-state index is -5.54. The Hall–Kier alpha value is -1.77. The van der Waals surface area contributed by atoms with Crippen molar-refractivity contribution in [1.82, 2.24) is 34.6 Å². The van der Waals surface area contributed by atoms with Crippen LogP contribution in [-0.4, -0.2) is 141 Å². The molecule has 23 nitrogen and oxygen atoms in total. The van der Waals surface area contributed by atoms with Gasteiger partial charge in [-0.3, -0.25) is 32.1 Å². The van der Waals surface area contributed by atoms with Crippen molar-refractivity contribution in [3.05, 3.63) is 25.0 Å². The first-order chi connectivity index (χ1) is 23.2. The number of aromatic nitrogens is 5. The van der Waals surface area contributed by atoms with Gasteiger partial charge >= 0.3 is 23.5 Å². The number of nitrogens with one attached hydrogen (secondary N) is 2. The van der Waals surface area contributed by atoms with Crippen molar-refractivity contribution in [3.63, 3.8) is 0 Å². The van der Waals surface area contributed by atoms with Gasteiger partial charge in [0.25, 0.3) is 0 Å². The maximum Gasteiger partial charge on any atom is 0.481 e. The summed E-state index contributed by atoms with van der Waals surface area (Å²) < 4.78 is 63.8. The van der Waals surface area contributed by atoms with Crippen LogP contribution in [-0.2, 0) is 45.9 Å². The van der Waals surface area contributed by atoms with Crippen molar-refractivity contribution in [2.45, 2.75) is 50.9 Å². The number of ether oxygens (including phenoxy) is 1. The number of nitrogens with zero attached hydrogens (tertiary/aromatic N) is 5. The average Bonchev–Trinajstić information content (AvgIpc) is 3.74. The van der Waals surface area contributed by atoms with Gasteiger partial charge in [0.15, 0.2) is 23.0 Å². The van der Waals surface area contributed by atoms with Crippen LogP contribution >= 0.6 is 36.1 Å². The number of carbonyl (C=O) groups is 2. The Kier molecular flexibility index (Phi) is 15.0. The number of aliphatic hydroxyl groups is 2. The average molecular weight is 799 g/mol. The van der Waals surface area contributed by atoms with Crippen molar-refractivity contribution in [3.8, 4) is 0 Å². The molecule has 281 valence electrons. The Balaban J connectivity index is 0.00000702. The van der Waals surface area contributed by atoms with Crippen molar-refractivity contribution < 1.29 is 75.7 Å². The fraction of sp³-hybridized carbons (Fsp3) is 0.609. The van der Waals surface area contributed by atoms with Crippen molar-refractivity contribution in [2.75, 3.05) is 32.1 Å². The Labute approximate surface area is 306 Å². The first-order valence-electron chi connectivity index (χ1n) is 14.4. The van der Waals surface area contributed by atoms with Crippen LogP contribution in [0.2, 0.25) is 0 Å². The number of thiol groups is 1. The molecule has 28 heteroatoms. The minimum Gasteiger partial charge on any atom is -0.386 e. The van der Waals surface area contributed by atoms with Crippen LogP contribution < -0.4 is 10.6 Å². The largest absolute Gasteiger partial charge is 0.481 e. The summed E-state index contributed by atoms with van der Waals surface area (Å²) in [5.41, 5.74) is -0.780. The van der Waals surface area contributed by atoms with E-state index in [-0.39, 0.29) is 48.9 Å². The number of aliphatic hydroxyl groups excluding tert-OH is 2. The number of hydrogen-bond acceptors (Lipinski definition) is 16. The van der Waals surface area contributed by atoms with Gasteiger partial charge in [-0.2, -0.15) is 16.9 Å². The summed E-state index contributed by atoms with van der Waals surface area (Å²) in [5, 5.41) is 26.3. The third-order valence-electron chi connectivity index (χ3n) is 7.08. The standard InChI is InChI=1S/C23H36N7O16P3S.Li/c1-23(2,18(33)21(34)26-4-3-14(31)24-6-8-50)10-43-49(40,41)46-48(38,39)42-9-13-17(45-47(35,36)37)16(32)22(44-13)30-12-27-15-19-25-5-7-29(19)11-28-20(15)30;/h5,7,11-13,16-18,22,32-33,50H,3-4,6,8-10H2,1-2H3,(H,24,31)(H,26,34)(H,38,39)(H,40,41)(H2,35,36,37);. The van der Waals surface area contributed by atoms with E-state index in [0.29, 0.717) is 17.9 Å². The van der Waals surface area contributed by atoms with Gasteiger partial charge < -0.3 is 45.2 Å². The first-order valence-corrected chi connectivity index (χ1v) is 19.6. The molecule has 0 aliphatic carbocycles. The molecule has 51 heavy (non-hydrogen) atoms. The molecule has 3 aromatic heterocycles. The van der Waals surface area contributed by atoms with E-state index in [1.54, 1.807) is 10.6 Å². The molecule has 3 aromatic rings. The summed E-state index contributed by atoms with van der Waals surface area (Å²) in [7, 11) is -16.3. The third kappa shape index (κ3) is 11.6. The van der Waals surface area contributed by atoms with E-state index in [2.05, 4.69) is 47.0 Å². The normalized spacial score (nSPS) is 22.6. The van der Waals surface area contributed by atoms with E-state index >= 15 is 0 Å². The number of phosphoric acid groups is 3. The van der Waals surface area contributed by atoms with Crippen LogP contribution in [0.5, 0.6) is 0 Å². The fourth-order valence-electron chi connectivity index (χ4n) is 4.61. The van der Waals surface area contributed by atoms with Gasteiger partial charge in [-0.25, -0.2) is 28.6 Å². The number of fused-ring (bicyclic) bond motifs is 3. The molecule has 0 bridgehead atoms. The van der Waals surface area contributed by atoms with Crippen molar-refractivity contribution in [2.24, 2.45) is 5.41 Å². The predicted molar refractivity (Wildman–Crippen MR) is 176 cm³/mol. The van der Waals surface area contributed by atoms with E-state index in [1.807, 2.05) is 0 Å². The molecular formula is C23H36LiN7O16P3S. The molecule has 0 saturated carbocycles. The zero-order valence-electron chi connectivity index (χ0n) is 27.2. The topological polar surface area (TPSA) is 325 Å². The number of phosphoric ester groups is 3. The zero-order valence-corrected chi connectivity index (χ0v) is 30.8. The van der Waals surface area contributed by atoms with Crippen molar-refractivity contribution >= 4 is 83.6 Å². The molecule has 1 aliphatic heterocycles. The molecule has 1 saturated heterocycles. The number of rotatable bonds is 18. The summed E-state index contributed by atoms with van der Waals surface area (Å²) in [6.45, 7) is 0.762. The quantitative estimate of drug-likeness (QED) is 0.0407. The zero-order chi connectivity index (χ0) is 37.1. The summed E-state index contributed by atoms with van der Waals surface area (Å²) in [4.78, 5) is 75.8. The van der Waals surface area contributed by atoms with Gasteiger partial charge in [-0.05, 0) is 0 Å². The van der Waals surface area contributed by atoms with Crippen molar-refractivity contribution in [1.29, 1.82) is 0 Å². The maximum atomic E-state index is 12.7. The molecule has 2 amide bonds. The van der Waals surface area contributed by atoms with Crippen LogP contribution in [0, 0.1) is 5.41 Å². The van der Waals surface area contributed by atoms with Crippen LogP contribution in [0.1, 0.15) is 26.5 Å². The molecular weight excluding hydrogens is 762 g/mol. The van der Waals surface area contributed by atoms with Gasteiger partial charge in [-0.15, -0.1) is 0 Å². The second-order valence-electron chi connectivity index (χ2n) is 11.4. The van der Waals surface area contributed by atoms with Gasteiger partial charge in [0, 0.05) is 61.9 Å². The number of carbonyl (C=O) groups excluding carboxylic acids is 2. The Morgan fingerprint density at radius 3 is 2.39 bits per heavy atom. The molecule has 1 fully saturated rings. The van der Waals surface area contributed by atoms with Crippen LogP contribution in [0.25, 0.3) is 16.8 Å². The van der Waals surface area contributed by atoms with Crippen LogP contribution in [0.4, 0.5) is 0 Å². The van der Waals surface area contributed by atoms with Gasteiger partial charge in [0.2, 0.25) is 11.8 Å². The molecule has 0 aromatic carbocycles. The molecule has 1 aliphatic rings. The smallest absolute Gasteiger partial charge is 0.386 e. The van der Waals surface area contributed by atoms with Gasteiger partial charge in [0.1, 0.15) is 30.7 Å². The summed E-state index contributed by atoms with van der Waals surface area (Å²) >= 11 is 3.95. The van der Waals surface area contributed by atoms with Crippen LogP contribution in [0.3, 0.4) is 0 Å². The van der Waals surface area contributed by atoms with Crippen LogP contribution in [0.15, 0.2) is 25.0 Å². The molecule has 4 heterocycles. The molecule has 7 unspecified atom stereocenters. The number of hydrogen-bond donors (Lipinski definition) is 9. The Morgan fingerprint density at radius 2 is 1.73 bits per heavy atom. The van der Waals surface area contributed by atoms with Gasteiger partial charge in [0.05, 0.1) is 19.5 Å². The molecule has 4 rings (SSSR count). The molecule has 8 N–H and O–H groups in total. The predicted octanol–water partition coefficient (Wildman–Crippen LogP) is -1.38. The Bertz CT molecular complexity index is 1830. The number of imidazole rings is 2. The maximum absolute atomic E-state index is 12.7. The van der Waals surface area contributed by atoms with E-state index in [4.69, 9.17) is 13.8 Å².